The number of nitrogens with one attached hydrogen (secondary N) is 1. The number of hydrogen-bond donors (Lipinski definition) is 2. The first-order chi connectivity index (χ1) is 16.1. The van der Waals surface area contributed by atoms with Crippen LogP contribution in [0.4, 0.5) is 19.1 Å². The highest BCUT2D eigenvalue weighted by molar-refractivity contribution is 5.80. The molecular formula is C23H27F3N4O4. The van der Waals surface area contributed by atoms with Crippen molar-refractivity contribution in [3.05, 3.63) is 53.9 Å². The van der Waals surface area contributed by atoms with E-state index >= 15 is 0 Å². The number of benzene rings is 1. The zero-order valence-electron chi connectivity index (χ0n) is 18.7. The van der Waals surface area contributed by atoms with Crippen molar-refractivity contribution in [1.82, 2.24) is 14.9 Å². The zero-order chi connectivity index (χ0) is 24.8. The van der Waals surface area contributed by atoms with E-state index in [-0.39, 0.29) is 11.5 Å². The van der Waals surface area contributed by atoms with E-state index in [2.05, 4.69) is 34.3 Å². The number of rotatable bonds is 5. The van der Waals surface area contributed by atoms with E-state index in [0.29, 0.717) is 18.3 Å². The van der Waals surface area contributed by atoms with Gasteiger partial charge < -0.3 is 20.1 Å². The molecule has 4 rings (SSSR count). The van der Waals surface area contributed by atoms with E-state index in [4.69, 9.17) is 14.6 Å². The lowest BCUT2D eigenvalue weighted by atomic mass is 9.82. The van der Waals surface area contributed by atoms with Crippen LogP contribution in [-0.4, -0.2) is 69.9 Å². The van der Waals surface area contributed by atoms with Crippen LogP contribution >= 0.6 is 0 Å². The van der Waals surface area contributed by atoms with E-state index in [1.54, 1.807) is 18.5 Å². The topological polar surface area (TPSA) is 105 Å². The molecule has 2 aliphatic heterocycles. The summed E-state index contributed by atoms with van der Waals surface area (Å²) in [5.74, 6) is -1.45. The molecule has 2 aliphatic rings. The van der Waals surface area contributed by atoms with Gasteiger partial charge in [0.1, 0.15) is 5.60 Å². The third-order valence-corrected chi connectivity index (χ3v) is 5.78. The molecule has 0 aliphatic carbocycles. The summed E-state index contributed by atoms with van der Waals surface area (Å²) in [4.78, 5) is 31.7. The number of halogens is 3. The maximum Gasteiger partial charge on any atom is 0.490 e. The Morgan fingerprint density at radius 2 is 1.82 bits per heavy atom. The lowest BCUT2D eigenvalue weighted by Gasteiger charge is -2.52. The summed E-state index contributed by atoms with van der Waals surface area (Å²) in [6.45, 7) is 5.04. The molecule has 2 saturated heterocycles. The second-order valence-electron chi connectivity index (χ2n) is 8.57. The Hall–Kier alpha value is -3.21. The van der Waals surface area contributed by atoms with Crippen molar-refractivity contribution in [2.45, 2.75) is 38.0 Å². The van der Waals surface area contributed by atoms with Gasteiger partial charge in [0.25, 0.3) is 0 Å². The largest absolute Gasteiger partial charge is 0.490 e. The number of likely N-dealkylation sites (tertiary alicyclic amines) is 1. The van der Waals surface area contributed by atoms with Crippen LogP contribution < -0.4 is 5.32 Å². The number of aromatic nitrogens is 2. The van der Waals surface area contributed by atoms with E-state index in [0.717, 1.165) is 44.6 Å². The highest BCUT2D eigenvalue weighted by Gasteiger charge is 2.48. The molecule has 2 aromatic rings. The minimum atomic E-state index is -5.08. The average molecular weight is 480 g/mol. The SMILES string of the molecule is Cc1ccc(CC(=O)N2CC3(CCC(CNc4ncccn4)CO3)C2)cc1.O=C(O)C(F)(F)F. The number of carbonyl (C=O) groups excluding carboxylic acids is 1. The van der Waals surface area contributed by atoms with Crippen molar-refractivity contribution in [3.8, 4) is 0 Å². The Labute approximate surface area is 195 Å². The Kier molecular flexibility index (Phi) is 8.08. The van der Waals surface area contributed by atoms with Gasteiger partial charge in [-0.2, -0.15) is 13.2 Å². The zero-order valence-corrected chi connectivity index (χ0v) is 18.7. The molecule has 2 fully saturated rings. The third-order valence-electron chi connectivity index (χ3n) is 5.78. The van der Waals surface area contributed by atoms with Gasteiger partial charge in [0.2, 0.25) is 11.9 Å². The van der Waals surface area contributed by atoms with Gasteiger partial charge in [-0.25, -0.2) is 14.8 Å². The average Bonchev–Trinajstić information content (AvgIpc) is 2.78. The van der Waals surface area contributed by atoms with Gasteiger partial charge in [0.05, 0.1) is 26.1 Å². The first-order valence-corrected chi connectivity index (χ1v) is 10.8. The van der Waals surface area contributed by atoms with Crippen LogP contribution in [0.2, 0.25) is 0 Å². The second kappa shape index (κ2) is 10.8. The van der Waals surface area contributed by atoms with E-state index in [1.165, 1.54) is 5.56 Å². The van der Waals surface area contributed by atoms with Crippen molar-refractivity contribution in [2.75, 3.05) is 31.6 Å². The predicted octanol–water partition coefficient (Wildman–Crippen LogP) is 3.08. The van der Waals surface area contributed by atoms with E-state index in [9.17, 15) is 18.0 Å². The van der Waals surface area contributed by atoms with Crippen LogP contribution in [-0.2, 0) is 20.7 Å². The van der Waals surface area contributed by atoms with Gasteiger partial charge in [-0.05, 0) is 37.3 Å². The summed E-state index contributed by atoms with van der Waals surface area (Å²) >= 11 is 0. The number of amides is 1. The number of ether oxygens (including phenoxy) is 1. The van der Waals surface area contributed by atoms with Crippen molar-refractivity contribution in [3.63, 3.8) is 0 Å². The molecule has 0 radical (unpaired) electrons. The predicted molar refractivity (Wildman–Crippen MR) is 117 cm³/mol. The summed E-state index contributed by atoms with van der Waals surface area (Å²) in [6, 6.07) is 9.99. The van der Waals surface area contributed by atoms with Crippen LogP contribution in [0.3, 0.4) is 0 Å². The monoisotopic (exact) mass is 480 g/mol. The number of hydrogen-bond acceptors (Lipinski definition) is 6. The molecule has 8 nitrogen and oxygen atoms in total. The summed E-state index contributed by atoms with van der Waals surface area (Å²) in [5.41, 5.74) is 2.17. The van der Waals surface area contributed by atoms with Crippen molar-refractivity contribution >= 4 is 17.8 Å². The molecule has 2 N–H and O–H groups in total. The highest BCUT2D eigenvalue weighted by Crippen LogP contribution is 2.36. The third kappa shape index (κ3) is 7.14. The maximum absolute atomic E-state index is 12.5. The van der Waals surface area contributed by atoms with Crippen LogP contribution in [0.5, 0.6) is 0 Å². The number of carbonyl (C=O) groups is 2. The fourth-order valence-electron chi connectivity index (χ4n) is 3.77. The molecule has 1 aromatic carbocycles. The summed E-state index contributed by atoms with van der Waals surface area (Å²) in [5, 5.41) is 10.4. The lowest BCUT2D eigenvalue weighted by Crippen LogP contribution is -2.66. The molecule has 1 amide bonds. The number of nitrogens with zero attached hydrogens (tertiary/aromatic N) is 3. The lowest BCUT2D eigenvalue weighted by molar-refractivity contribution is -0.192. The van der Waals surface area contributed by atoms with E-state index in [1.807, 2.05) is 17.0 Å². The normalized spacial score (nSPS) is 18.9. The second-order valence-corrected chi connectivity index (χ2v) is 8.57. The smallest absolute Gasteiger partial charge is 0.475 e. The van der Waals surface area contributed by atoms with Crippen LogP contribution in [0.15, 0.2) is 42.7 Å². The summed E-state index contributed by atoms with van der Waals surface area (Å²) in [7, 11) is 0. The Balaban J connectivity index is 0.000000406. The maximum atomic E-state index is 12.5. The molecule has 0 bridgehead atoms. The molecule has 3 heterocycles. The number of aliphatic carboxylic acids is 1. The first-order valence-electron chi connectivity index (χ1n) is 10.8. The van der Waals surface area contributed by atoms with Crippen molar-refractivity contribution < 1.29 is 32.6 Å². The molecule has 1 unspecified atom stereocenters. The van der Waals surface area contributed by atoms with Gasteiger partial charge in [0, 0.05) is 18.9 Å². The fourth-order valence-corrected chi connectivity index (χ4v) is 3.77. The first kappa shape index (κ1) is 25.4. The molecule has 184 valence electrons. The van der Waals surface area contributed by atoms with Gasteiger partial charge in [-0.3, -0.25) is 4.79 Å². The molecule has 1 aromatic heterocycles. The summed E-state index contributed by atoms with van der Waals surface area (Å²) in [6.07, 6.45) is 0.958. The highest BCUT2D eigenvalue weighted by atomic mass is 19.4. The number of aryl methyl sites for hydroxylation is 1. The fraction of sp³-hybridized carbons (Fsp3) is 0.478. The number of carboxylic acid groups (broad SMARTS) is 1. The standard InChI is InChI=1S/C21H26N4O2.C2HF3O2/c1-16-3-5-17(6-4-16)11-19(26)25-14-21(15-25)8-7-18(13-27-21)12-24-20-22-9-2-10-23-20;3-2(4,5)1(6)7/h2-6,9-10,18H,7-8,11-15H2,1H3,(H,22,23,24);(H,6,7). The number of alkyl halides is 3. The minimum Gasteiger partial charge on any atom is -0.475 e. The van der Waals surface area contributed by atoms with Crippen LogP contribution in [0, 0.1) is 12.8 Å². The minimum absolute atomic E-state index is 0.122. The van der Waals surface area contributed by atoms with Gasteiger partial charge in [-0.1, -0.05) is 29.8 Å². The van der Waals surface area contributed by atoms with Crippen LogP contribution in [0.25, 0.3) is 0 Å². The van der Waals surface area contributed by atoms with Gasteiger partial charge in [-0.15, -0.1) is 0 Å². The Morgan fingerprint density at radius 3 is 2.35 bits per heavy atom. The van der Waals surface area contributed by atoms with Crippen LogP contribution in [0.1, 0.15) is 24.0 Å². The molecule has 1 atom stereocenters. The van der Waals surface area contributed by atoms with Gasteiger partial charge in [0.15, 0.2) is 0 Å². The quantitative estimate of drug-likeness (QED) is 0.678. The molecule has 1 spiro atoms. The Morgan fingerprint density at radius 1 is 1.21 bits per heavy atom. The van der Waals surface area contributed by atoms with Crippen molar-refractivity contribution in [1.29, 1.82) is 0 Å². The number of carboxylic acids is 1. The summed E-state index contributed by atoms with van der Waals surface area (Å²) < 4.78 is 37.9. The van der Waals surface area contributed by atoms with Crippen molar-refractivity contribution in [2.24, 2.45) is 5.92 Å². The number of anilines is 1. The molecular weight excluding hydrogens is 453 g/mol. The molecule has 34 heavy (non-hydrogen) atoms. The molecule has 11 heteroatoms. The Bertz CT molecular complexity index is 954. The van der Waals surface area contributed by atoms with Gasteiger partial charge >= 0.3 is 12.1 Å². The van der Waals surface area contributed by atoms with E-state index < -0.39 is 12.1 Å². The molecule has 0 saturated carbocycles.